The SMILES string of the molecule is O=C(CSc1ccc(C(F)(F)F)cn1)N1CCC(c2nc(C3=NOC(c4c(Cl)cccc4CS(=O)(=O)O)C3)cs2)CC1. The highest BCUT2D eigenvalue weighted by Gasteiger charge is 2.32. The van der Waals surface area contributed by atoms with Crippen molar-refractivity contribution in [2.75, 3.05) is 18.8 Å². The third-order valence-electron chi connectivity index (χ3n) is 6.89. The summed E-state index contributed by atoms with van der Waals surface area (Å²) in [5.41, 5.74) is 1.21. The van der Waals surface area contributed by atoms with Gasteiger partial charge in [-0.15, -0.1) is 11.3 Å². The van der Waals surface area contributed by atoms with Crippen LogP contribution in [0.3, 0.4) is 0 Å². The summed E-state index contributed by atoms with van der Waals surface area (Å²) in [6, 6.07) is 7.01. The van der Waals surface area contributed by atoms with E-state index in [9.17, 15) is 30.9 Å². The number of thioether (sulfide) groups is 1. The van der Waals surface area contributed by atoms with Crippen LogP contribution in [0, 0.1) is 0 Å². The van der Waals surface area contributed by atoms with Crippen LogP contribution in [0.25, 0.3) is 0 Å². The Morgan fingerprint density at radius 1 is 1.21 bits per heavy atom. The molecule has 224 valence electrons. The van der Waals surface area contributed by atoms with Gasteiger partial charge in [0, 0.05) is 47.6 Å². The van der Waals surface area contributed by atoms with Gasteiger partial charge >= 0.3 is 6.18 Å². The van der Waals surface area contributed by atoms with Gasteiger partial charge in [0.15, 0.2) is 6.10 Å². The van der Waals surface area contributed by atoms with E-state index in [4.69, 9.17) is 21.4 Å². The minimum absolute atomic E-state index is 0.0861. The number of piperidine rings is 1. The standard InChI is InChI=1S/C26H24ClF3N4O5S3/c27-18-3-1-2-16(14-42(36,37)38)24(18)21-10-19(33-39-21)20-12-41-25(32-20)15-6-8-34(9-7-15)23(35)13-40-22-5-4-17(11-31-22)26(28,29)30/h1-5,11-12,15,21H,6-10,13-14H2,(H,36,37,38). The van der Waals surface area contributed by atoms with Crippen molar-refractivity contribution in [2.45, 2.75) is 48.2 Å². The van der Waals surface area contributed by atoms with Crippen molar-refractivity contribution >= 4 is 56.4 Å². The van der Waals surface area contributed by atoms with Gasteiger partial charge in [0.05, 0.1) is 27.0 Å². The number of benzene rings is 1. The molecule has 1 amide bonds. The molecule has 0 spiro atoms. The lowest BCUT2D eigenvalue weighted by atomic mass is 9.97. The van der Waals surface area contributed by atoms with Crippen molar-refractivity contribution < 1.29 is 35.8 Å². The van der Waals surface area contributed by atoms with Crippen LogP contribution in [0.5, 0.6) is 0 Å². The van der Waals surface area contributed by atoms with E-state index in [1.54, 1.807) is 23.1 Å². The summed E-state index contributed by atoms with van der Waals surface area (Å²) < 4.78 is 70.4. The van der Waals surface area contributed by atoms with E-state index < -0.39 is 33.7 Å². The van der Waals surface area contributed by atoms with Gasteiger partial charge in [-0.25, -0.2) is 9.97 Å². The first-order valence-electron chi connectivity index (χ1n) is 12.7. The fourth-order valence-corrected chi connectivity index (χ4v) is 7.50. The van der Waals surface area contributed by atoms with E-state index in [0.29, 0.717) is 64.9 Å². The summed E-state index contributed by atoms with van der Waals surface area (Å²) in [6.07, 6.45) is -2.56. The van der Waals surface area contributed by atoms with Crippen LogP contribution in [0.4, 0.5) is 13.2 Å². The number of nitrogens with zero attached hydrogens (tertiary/aromatic N) is 4. The highest BCUT2D eigenvalue weighted by atomic mass is 35.5. The number of oxime groups is 1. The first kappa shape index (κ1) is 30.7. The monoisotopic (exact) mass is 660 g/mol. The molecule has 42 heavy (non-hydrogen) atoms. The Morgan fingerprint density at radius 3 is 2.64 bits per heavy atom. The molecule has 2 aromatic heterocycles. The molecule has 1 aromatic carbocycles. The maximum Gasteiger partial charge on any atom is 0.417 e. The maximum atomic E-state index is 12.7. The van der Waals surface area contributed by atoms with E-state index in [1.165, 1.54) is 17.4 Å². The van der Waals surface area contributed by atoms with Gasteiger partial charge in [0.1, 0.15) is 11.5 Å². The van der Waals surface area contributed by atoms with Crippen molar-refractivity contribution in [1.82, 2.24) is 14.9 Å². The van der Waals surface area contributed by atoms with Crippen LogP contribution in [-0.2, 0) is 31.7 Å². The van der Waals surface area contributed by atoms with Gasteiger partial charge in [0.25, 0.3) is 10.1 Å². The van der Waals surface area contributed by atoms with E-state index in [2.05, 4.69) is 10.1 Å². The number of alkyl halides is 3. The smallest absolute Gasteiger partial charge is 0.387 e. The van der Waals surface area contributed by atoms with Crippen molar-refractivity contribution in [1.29, 1.82) is 0 Å². The van der Waals surface area contributed by atoms with E-state index in [-0.39, 0.29) is 17.6 Å². The number of aromatic nitrogens is 2. The summed E-state index contributed by atoms with van der Waals surface area (Å²) in [5.74, 6) is -0.454. The zero-order chi connectivity index (χ0) is 30.1. The third-order valence-corrected chi connectivity index (χ3v) is 9.83. The average Bonchev–Trinajstić information content (AvgIpc) is 3.61. The van der Waals surface area contributed by atoms with Crippen LogP contribution < -0.4 is 0 Å². The minimum Gasteiger partial charge on any atom is -0.387 e. The molecule has 0 radical (unpaired) electrons. The Morgan fingerprint density at radius 2 is 1.98 bits per heavy atom. The fourth-order valence-electron chi connectivity index (χ4n) is 4.79. The highest BCUT2D eigenvalue weighted by Crippen LogP contribution is 2.38. The number of amides is 1. The predicted octanol–water partition coefficient (Wildman–Crippen LogP) is 5.96. The zero-order valence-corrected chi connectivity index (χ0v) is 25.0. The number of likely N-dealkylation sites (tertiary alicyclic amines) is 1. The molecule has 0 saturated carbocycles. The molecular formula is C26H24ClF3N4O5S3. The lowest BCUT2D eigenvalue weighted by Gasteiger charge is -2.31. The van der Waals surface area contributed by atoms with Gasteiger partial charge in [0.2, 0.25) is 5.91 Å². The Balaban J connectivity index is 1.14. The number of carbonyl (C=O) groups is 1. The second kappa shape index (κ2) is 12.5. The molecule has 1 fully saturated rings. The van der Waals surface area contributed by atoms with Crippen LogP contribution >= 0.6 is 34.7 Å². The van der Waals surface area contributed by atoms with Crippen molar-refractivity contribution in [3.63, 3.8) is 0 Å². The maximum absolute atomic E-state index is 12.7. The summed E-state index contributed by atoms with van der Waals surface area (Å²) >= 11 is 8.95. The van der Waals surface area contributed by atoms with Gasteiger partial charge in [-0.1, -0.05) is 40.7 Å². The van der Waals surface area contributed by atoms with Crippen LogP contribution in [0.15, 0.2) is 52.1 Å². The van der Waals surface area contributed by atoms with E-state index in [0.717, 1.165) is 29.0 Å². The minimum atomic E-state index is -4.45. The Hall–Kier alpha value is -2.72. The normalized spacial score (nSPS) is 18.2. The molecule has 5 rings (SSSR count). The van der Waals surface area contributed by atoms with E-state index >= 15 is 0 Å². The summed E-state index contributed by atoms with van der Waals surface area (Å²) in [6.45, 7) is 1.07. The highest BCUT2D eigenvalue weighted by molar-refractivity contribution is 7.99. The second-order valence-corrected chi connectivity index (χ2v) is 13.5. The molecule has 1 atom stereocenters. The molecule has 1 saturated heterocycles. The van der Waals surface area contributed by atoms with Gasteiger partial charge < -0.3 is 9.74 Å². The molecule has 1 unspecified atom stereocenters. The Bertz CT molecular complexity index is 1590. The van der Waals surface area contributed by atoms with Gasteiger partial charge in [-0.05, 0) is 36.6 Å². The molecule has 3 aromatic rings. The number of pyridine rings is 1. The van der Waals surface area contributed by atoms with Crippen molar-refractivity contribution in [2.24, 2.45) is 5.16 Å². The topological polar surface area (TPSA) is 122 Å². The molecule has 0 bridgehead atoms. The first-order valence-corrected chi connectivity index (χ1v) is 16.6. The molecule has 9 nitrogen and oxygen atoms in total. The number of thiazole rings is 1. The lowest BCUT2D eigenvalue weighted by molar-refractivity contribution is -0.138. The molecule has 4 heterocycles. The van der Waals surface area contributed by atoms with Gasteiger partial charge in [-0.2, -0.15) is 21.6 Å². The lowest BCUT2D eigenvalue weighted by Crippen LogP contribution is -2.38. The van der Waals surface area contributed by atoms with Crippen molar-refractivity contribution in [3.8, 4) is 0 Å². The number of hydrogen-bond acceptors (Lipinski definition) is 9. The van der Waals surface area contributed by atoms with Crippen molar-refractivity contribution in [3.05, 3.63) is 74.3 Å². The number of hydrogen-bond donors (Lipinski definition) is 1. The summed E-state index contributed by atoms with van der Waals surface area (Å²) in [5, 5.41) is 7.64. The molecule has 2 aliphatic heterocycles. The molecule has 2 aliphatic rings. The summed E-state index contributed by atoms with van der Waals surface area (Å²) in [4.78, 5) is 28.6. The predicted molar refractivity (Wildman–Crippen MR) is 152 cm³/mol. The largest absolute Gasteiger partial charge is 0.417 e. The van der Waals surface area contributed by atoms with Crippen LogP contribution in [0.1, 0.15) is 58.7 Å². The second-order valence-electron chi connectivity index (χ2n) is 9.77. The molecule has 16 heteroatoms. The summed E-state index contributed by atoms with van der Waals surface area (Å²) in [7, 11) is -4.28. The number of rotatable bonds is 8. The molecule has 1 N–H and O–H groups in total. The number of carbonyl (C=O) groups excluding carboxylic acids is 1. The molecular weight excluding hydrogens is 637 g/mol. The number of halogens is 4. The van der Waals surface area contributed by atoms with Crippen LogP contribution in [-0.4, -0.2) is 58.3 Å². The fraction of sp³-hybridized carbons (Fsp3) is 0.385. The van der Waals surface area contributed by atoms with Gasteiger partial charge in [-0.3, -0.25) is 9.35 Å². The quantitative estimate of drug-likeness (QED) is 0.232. The molecule has 0 aliphatic carbocycles. The van der Waals surface area contributed by atoms with E-state index in [1.807, 2.05) is 5.38 Å². The average molecular weight is 661 g/mol. The first-order chi connectivity index (χ1) is 19.9. The zero-order valence-electron chi connectivity index (χ0n) is 21.8. The Kier molecular flexibility index (Phi) is 9.13. The van der Waals surface area contributed by atoms with Crippen LogP contribution in [0.2, 0.25) is 5.02 Å². The Labute approximate surface area is 252 Å². The third kappa shape index (κ3) is 7.43.